The van der Waals surface area contributed by atoms with Crippen molar-refractivity contribution in [3.63, 3.8) is 0 Å². The molecule has 0 bridgehead atoms. The van der Waals surface area contributed by atoms with Crippen LogP contribution in [0, 0.1) is 0 Å². The average Bonchev–Trinajstić information content (AvgIpc) is 3.45. The molecule has 0 saturated heterocycles. The molecule has 10 nitrogen and oxygen atoms in total. The Bertz CT molecular complexity index is 1770. The number of ether oxygens (including phenoxy) is 6. The lowest BCUT2D eigenvalue weighted by Crippen LogP contribution is -2.22. The fourth-order valence-electron chi connectivity index (χ4n) is 6.41. The number of carbonyl (C=O) groups excluding carboxylic acids is 4. The molecule has 2 aliphatic rings. The third kappa shape index (κ3) is 11.3. The molecule has 0 aliphatic heterocycles. The predicted octanol–water partition coefficient (Wildman–Crippen LogP) is 8.45. The summed E-state index contributed by atoms with van der Waals surface area (Å²) in [7, 11) is 0. The van der Waals surface area contributed by atoms with Gasteiger partial charge in [0.25, 0.3) is 0 Å². The lowest BCUT2D eigenvalue weighted by atomic mass is 9.98. The van der Waals surface area contributed by atoms with Crippen molar-refractivity contribution < 1.29 is 47.6 Å². The largest absolute Gasteiger partial charge is 0.494 e. The number of unbranched alkanes of at least 4 members (excludes halogenated alkanes) is 2. The smallest absolute Gasteiger partial charge is 0.343 e. The first kappa shape index (κ1) is 38.8. The van der Waals surface area contributed by atoms with Gasteiger partial charge in [-0.3, -0.25) is 4.79 Å². The standard InChI is InChI=1S/C43H48O10/c1-4-40(44)50-24-10-8-22-48-32-15-17-34(18-16-32)53-43(47)31-14-20-36-37-21-19-35(28-39(37)30(3)38(36)27-31)49-23-9-11-25-51-42(46)29(2)26-41(45)52-33-12-6-5-7-13-33/h4,14-21,27-28,30,33H,1-2,5-13,22-26H2,3H3. The molecule has 3 aromatic rings. The molecule has 5 rings (SSSR count). The highest BCUT2D eigenvalue weighted by Crippen LogP contribution is 2.46. The highest BCUT2D eigenvalue weighted by atomic mass is 16.6. The first-order chi connectivity index (χ1) is 25.7. The van der Waals surface area contributed by atoms with Gasteiger partial charge >= 0.3 is 23.9 Å². The summed E-state index contributed by atoms with van der Waals surface area (Å²) in [4.78, 5) is 48.6. The molecule has 1 saturated carbocycles. The van der Waals surface area contributed by atoms with E-state index in [1.165, 1.54) is 6.42 Å². The van der Waals surface area contributed by atoms with Crippen LogP contribution in [0.4, 0.5) is 0 Å². The fourth-order valence-corrected chi connectivity index (χ4v) is 6.41. The molecule has 1 unspecified atom stereocenters. The van der Waals surface area contributed by atoms with Crippen molar-refractivity contribution in [2.24, 2.45) is 0 Å². The van der Waals surface area contributed by atoms with Crippen molar-refractivity contribution in [3.05, 3.63) is 102 Å². The van der Waals surface area contributed by atoms with Gasteiger partial charge < -0.3 is 28.4 Å². The molecule has 0 aromatic heterocycles. The van der Waals surface area contributed by atoms with Crippen LogP contribution in [0.2, 0.25) is 0 Å². The maximum Gasteiger partial charge on any atom is 0.343 e. The fraction of sp³-hybridized carbons (Fsp3) is 0.395. The second-order valence-electron chi connectivity index (χ2n) is 13.3. The van der Waals surface area contributed by atoms with Crippen LogP contribution in [-0.4, -0.2) is 56.4 Å². The van der Waals surface area contributed by atoms with Crippen LogP contribution < -0.4 is 14.2 Å². The number of hydrogen-bond acceptors (Lipinski definition) is 10. The van der Waals surface area contributed by atoms with Crippen molar-refractivity contribution in [2.45, 2.75) is 83.2 Å². The van der Waals surface area contributed by atoms with Crippen LogP contribution in [0.15, 0.2) is 85.5 Å². The zero-order valence-electron chi connectivity index (χ0n) is 30.4. The molecule has 0 heterocycles. The van der Waals surface area contributed by atoms with E-state index in [0.29, 0.717) is 56.1 Å². The Hall–Kier alpha value is -5.38. The molecular formula is C43H48O10. The summed E-state index contributed by atoms with van der Waals surface area (Å²) in [5, 5.41) is 0. The molecule has 0 amide bonds. The van der Waals surface area contributed by atoms with Gasteiger partial charge in [0.2, 0.25) is 0 Å². The SMILES string of the molecule is C=CC(=O)OCCCCOc1ccc(OC(=O)c2ccc3c(c2)C(C)c2cc(OCCCCOC(=O)C(=C)CC(=O)OC4CCCCC4)ccc2-3)cc1. The van der Waals surface area contributed by atoms with Crippen LogP contribution in [0.5, 0.6) is 17.2 Å². The Kier molecular flexibility index (Phi) is 14.3. The van der Waals surface area contributed by atoms with Crippen molar-refractivity contribution in [1.82, 2.24) is 0 Å². The maximum absolute atomic E-state index is 13.1. The highest BCUT2D eigenvalue weighted by molar-refractivity contribution is 5.94. The number of carbonyl (C=O) groups is 4. The third-order valence-electron chi connectivity index (χ3n) is 9.32. The lowest BCUT2D eigenvalue weighted by Gasteiger charge is -2.21. The van der Waals surface area contributed by atoms with Gasteiger partial charge in [0, 0.05) is 17.6 Å². The molecule has 1 atom stereocenters. The monoisotopic (exact) mass is 724 g/mol. The topological polar surface area (TPSA) is 124 Å². The van der Waals surface area contributed by atoms with E-state index in [1.807, 2.05) is 30.3 Å². The quantitative estimate of drug-likeness (QED) is 0.0391. The van der Waals surface area contributed by atoms with E-state index < -0.39 is 23.9 Å². The maximum atomic E-state index is 13.1. The summed E-state index contributed by atoms with van der Waals surface area (Å²) in [6.07, 6.45) is 8.64. The number of rotatable bonds is 19. The van der Waals surface area contributed by atoms with Gasteiger partial charge in [-0.2, -0.15) is 0 Å². The molecule has 10 heteroatoms. The highest BCUT2D eigenvalue weighted by Gasteiger charge is 2.27. The number of benzene rings is 3. The van der Waals surface area contributed by atoms with E-state index >= 15 is 0 Å². The molecule has 0 radical (unpaired) electrons. The van der Waals surface area contributed by atoms with Crippen LogP contribution in [0.3, 0.4) is 0 Å². The van der Waals surface area contributed by atoms with Gasteiger partial charge in [0.15, 0.2) is 0 Å². The van der Waals surface area contributed by atoms with Crippen LogP contribution in [0.1, 0.15) is 98.5 Å². The third-order valence-corrected chi connectivity index (χ3v) is 9.32. The van der Waals surface area contributed by atoms with Crippen LogP contribution in [0.25, 0.3) is 11.1 Å². The summed E-state index contributed by atoms with van der Waals surface area (Å²) in [5.41, 5.74) is 4.89. The predicted molar refractivity (Wildman–Crippen MR) is 199 cm³/mol. The summed E-state index contributed by atoms with van der Waals surface area (Å²) < 4.78 is 33.1. The van der Waals surface area contributed by atoms with E-state index in [9.17, 15) is 19.2 Å². The second-order valence-corrected chi connectivity index (χ2v) is 13.3. The van der Waals surface area contributed by atoms with Gasteiger partial charge in [-0.15, -0.1) is 0 Å². The Morgan fingerprint density at radius 1 is 0.717 bits per heavy atom. The zero-order valence-corrected chi connectivity index (χ0v) is 30.4. The summed E-state index contributed by atoms with van der Waals surface area (Å²) in [6.45, 7) is 10.6. The number of esters is 4. The second kappa shape index (κ2) is 19.5. The van der Waals surface area contributed by atoms with Crippen molar-refractivity contribution in [3.8, 4) is 28.4 Å². The Morgan fingerprint density at radius 2 is 1.30 bits per heavy atom. The van der Waals surface area contributed by atoms with E-state index in [2.05, 4.69) is 20.1 Å². The lowest BCUT2D eigenvalue weighted by molar-refractivity contribution is -0.151. The first-order valence-electron chi connectivity index (χ1n) is 18.4. The van der Waals surface area contributed by atoms with Gasteiger partial charge in [0.1, 0.15) is 23.4 Å². The normalized spacial score (nSPS) is 14.6. The van der Waals surface area contributed by atoms with E-state index in [4.69, 9.17) is 28.4 Å². The minimum Gasteiger partial charge on any atom is -0.494 e. The molecule has 0 spiro atoms. The number of fused-ring (bicyclic) bond motifs is 3. The van der Waals surface area contributed by atoms with Crippen molar-refractivity contribution in [2.75, 3.05) is 26.4 Å². The molecule has 53 heavy (non-hydrogen) atoms. The van der Waals surface area contributed by atoms with Crippen LogP contribution >= 0.6 is 0 Å². The minimum absolute atomic E-state index is 0.0502. The Balaban J connectivity index is 1.01. The molecule has 2 aliphatic carbocycles. The van der Waals surface area contributed by atoms with Gasteiger partial charge in [-0.1, -0.05) is 38.6 Å². The van der Waals surface area contributed by atoms with E-state index in [1.54, 1.807) is 30.3 Å². The molecular weight excluding hydrogens is 676 g/mol. The Labute approximate surface area is 311 Å². The summed E-state index contributed by atoms with van der Waals surface area (Å²) in [5.74, 6) is -0.0415. The Morgan fingerprint density at radius 3 is 2.00 bits per heavy atom. The molecule has 0 N–H and O–H groups in total. The summed E-state index contributed by atoms with van der Waals surface area (Å²) >= 11 is 0. The molecule has 3 aromatic carbocycles. The van der Waals surface area contributed by atoms with Gasteiger partial charge in [-0.05, 0) is 122 Å². The molecule has 1 fully saturated rings. The molecule has 280 valence electrons. The van der Waals surface area contributed by atoms with Crippen LogP contribution in [-0.2, 0) is 28.6 Å². The summed E-state index contributed by atoms with van der Waals surface area (Å²) in [6, 6.07) is 18.5. The van der Waals surface area contributed by atoms with Crippen molar-refractivity contribution >= 4 is 23.9 Å². The van der Waals surface area contributed by atoms with E-state index in [0.717, 1.165) is 66.2 Å². The first-order valence-corrected chi connectivity index (χ1v) is 18.4. The van der Waals surface area contributed by atoms with Crippen molar-refractivity contribution in [1.29, 1.82) is 0 Å². The van der Waals surface area contributed by atoms with Gasteiger partial charge in [-0.25, -0.2) is 14.4 Å². The minimum atomic E-state index is -0.578. The van der Waals surface area contributed by atoms with Gasteiger partial charge in [0.05, 0.1) is 38.4 Å². The zero-order chi connectivity index (χ0) is 37.6. The number of hydrogen-bond donors (Lipinski definition) is 0. The average molecular weight is 725 g/mol. The van der Waals surface area contributed by atoms with E-state index in [-0.39, 0.29) is 30.6 Å².